The first-order valence-electron chi connectivity index (χ1n) is 10.1. The quantitative estimate of drug-likeness (QED) is 0.706. The van der Waals surface area contributed by atoms with E-state index < -0.39 is 0 Å². The molecule has 2 aromatic rings. The van der Waals surface area contributed by atoms with E-state index in [0.29, 0.717) is 12.5 Å². The summed E-state index contributed by atoms with van der Waals surface area (Å²) in [7, 11) is 0. The summed E-state index contributed by atoms with van der Waals surface area (Å²) in [5.41, 5.74) is 1.98. The summed E-state index contributed by atoms with van der Waals surface area (Å²) in [5, 5.41) is 12.8. The van der Waals surface area contributed by atoms with Crippen LogP contribution in [0.3, 0.4) is 0 Å². The Morgan fingerprint density at radius 2 is 2.18 bits per heavy atom. The maximum Gasteiger partial charge on any atom is 0.315 e. The minimum Gasteiger partial charge on any atom is -0.381 e. The Morgan fingerprint density at radius 1 is 1.29 bits per heavy atom. The van der Waals surface area contributed by atoms with Crippen LogP contribution in [0.4, 0.5) is 4.79 Å². The second-order valence-corrected chi connectivity index (χ2v) is 7.67. The molecule has 1 aromatic heterocycles. The van der Waals surface area contributed by atoms with Gasteiger partial charge in [-0.25, -0.2) is 9.78 Å². The van der Waals surface area contributed by atoms with Gasteiger partial charge in [-0.05, 0) is 36.8 Å². The summed E-state index contributed by atoms with van der Waals surface area (Å²) < 4.78 is 5.46. The first kappa shape index (κ1) is 18.9. The van der Waals surface area contributed by atoms with E-state index in [-0.39, 0.29) is 12.1 Å². The summed E-state index contributed by atoms with van der Waals surface area (Å²) in [4.78, 5) is 18.9. The van der Waals surface area contributed by atoms with Gasteiger partial charge in [0.2, 0.25) is 0 Å². The topological polar surface area (TPSA) is 95.2 Å². The highest BCUT2D eigenvalue weighted by atomic mass is 16.5. The third-order valence-electron chi connectivity index (χ3n) is 5.53. The lowest BCUT2D eigenvalue weighted by Gasteiger charge is -2.33. The molecule has 1 atom stereocenters. The van der Waals surface area contributed by atoms with E-state index in [1.54, 1.807) is 0 Å². The predicted octanol–water partition coefficient (Wildman–Crippen LogP) is 1.77. The molecule has 0 radical (unpaired) electrons. The monoisotopic (exact) mass is 384 g/mol. The number of hydrogen-bond acceptors (Lipinski definition) is 5. The van der Waals surface area contributed by atoms with Gasteiger partial charge in [-0.15, -0.1) is 0 Å². The Morgan fingerprint density at radius 3 is 2.93 bits per heavy atom. The standard InChI is InChI=1S/C20H28N6O2/c27-20(21-11-15-2-1-3-17(10-15)19-22-14-23-25-19)24-18-4-7-26(8-5-18)12-16-6-9-28-13-16/h1-3,10,14,16,18H,4-9,11-13H2,(H2,21,24,27)(H,22,23,25). The van der Waals surface area contributed by atoms with Gasteiger partial charge in [-0.2, -0.15) is 5.10 Å². The number of nitrogens with one attached hydrogen (secondary N) is 3. The number of likely N-dealkylation sites (tertiary alicyclic amines) is 1. The van der Waals surface area contributed by atoms with Crippen molar-refractivity contribution in [3.8, 4) is 11.4 Å². The number of aromatic amines is 1. The number of carbonyl (C=O) groups is 1. The Balaban J connectivity index is 1.18. The summed E-state index contributed by atoms with van der Waals surface area (Å²) >= 11 is 0. The SMILES string of the molecule is O=C(NCc1cccc(-c2ncn[nH]2)c1)NC1CCN(CC2CCOC2)CC1. The first-order chi connectivity index (χ1) is 13.8. The zero-order valence-electron chi connectivity index (χ0n) is 16.1. The van der Waals surface area contributed by atoms with Crippen LogP contribution in [0.25, 0.3) is 11.4 Å². The van der Waals surface area contributed by atoms with Gasteiger partial charge in [0.05, 0.1) is 6.61 Å². The molecule has 8 nitrogen and oxygen atoms in total. The molecule has 1 unspecified atom stereocenters. The normalized spacial score (nSPS) is 20.9. The fourth-order valence-corrected chi connectivity index (χ4v) is 3.94. The molecule has 4 rings (SSSR count). The molecule has 2 aliphatic rings. The molecular weight excluding hydrogens is 356 g/mol. The number of carbonyl (C=O) groups excluding carboxylic acids is 1. The van der Waals surface area contributed by atoms with Crippen molar-refractivity contribution in [3.05, 3.63) is 36.2 Å². The molecule has 2 amide bonds. The van der Waals surface area contributed by atoms with Crippen LogP contribution in [-0.2, 0) is 11.3 Å². The zero-order chi connectivity index (χ0) is 19.2. The van der Waals surface area contributed by atoms with E-state index in [2.05, 4.69) is 30.7 Å². The molecule has 3 heterocycles. The Labute approximate surface area is 165 Å². The molecular formula is C20H28N6O2. The Kier molecular flexibility index (Phi) is 6.18. The molecule has 0 aliphatic carbocycles. The Hall–Kier alpha value is -2.45. The number of ether oxygens (including phenoxy) is 1. The largest absolute Gasteiger partial charge is 0.381 e. The van der Waals surface area contributed by atoms with Gasteiger partial charge in [-0.3, -0.25) is 5.10 Å². The highest BCUT2D eigenvalue weighted by Crippen LogP contribution is 2.18. The number of urea groups is 1. The number of H-pyrrole nitrogens is 1. The van der Waals surface area contributed by atoms with Crippen LogP contribution in [0, 0.1) is 5.92 Å². The fourth-order valence-electron chi connectivity index (χ4n) is 3.94. The number of nitrogens with zero attached hydrogens (tertiary/aromatic N) is 3. The molecule has 1 aromatic carbocycles. The number of amides is 2. The third-order valence-corrected chi connectivity index (χ3v) is 5.53. The lowest BCUT2D eigenvalue weighted by molar-refractivity contribution is 0.148. The molecule has 2 aliphatic heterocycles. The maximum atomic E-state index is 12.3. The smallest absolute Gasteiger partial charge is 0.315 e. The molecule has 0 saturated carbocycles. The first-order valence-corrected chi connectivity index (χ1v) is 10.1. The van der Waals surface area contributed by atoms with Crippen LogP contribution in [0.2, 0.25) is 0 Å². The van der Waals surface area contributed by atoms with Gasteiger partial charge in [-0.1, -0.05) is 18.2 Å². The van der Waals surface area contributed by atoms with E-state index in [1.165, 1.54) is 12.7 Å². The van der Waals surface area contributed by atoms with Crippen LogP contribution >= 0.6 is 0 Å². The third kappa shape index (κ3) is 5.08. The number of piperidine rings is 1. The summed E-state index contributed by atoms with van der Waals surface area (Å²) in [6.07, 6.45) is 4.67. The second-order valence-electron chi connectivity index (χ2n) is 7.67. The van der Waals surface area contributed by atoms with E-state index in [0.717, 1.165) is 62.6 Å². The molecule has 8 heteroatoms. The Bertz CT molecular complexity index is 752. The van der Waals surface area contributed by atoms with Crippen molar-refractivity contribution in [2.24, 2.45) is 5.92 Å². The summed E-state index contributed by atoms with van der Waals surface area (Å²) in [5.74, 6) is 1.41. The van der Waals surface area contributed by atoms with Crippen molar-refractivity contribution in [1.29, 1.82) is 0 Å². The van der Waals surface area contributed by atoms with Crippen molar-refractivity contribution in [2.75, 3.05) is 32.8 Å². The van der Waals surface area contributed by atoms with Crippen LogP contribution in [0.1, 0.15) is 24.8 Å². The van der Waals surface area contributed by atoms with Crippen molar-refractivity contribution in [2.45, 2.75) is 31.8 Å². The van der Waals surface area contributed by atoms with Gasteiger partial charge in [0.1, 0.15) is 6.33 Å². The van der Waals surface area contributed by atoms with E-state index in [4.69, 9.17) is 4.74 Å². The average Bonchev–Trinajstić information content (AvgIpc) is 3.42. The molecule has 0 bridgehead atoms. The van der Waals surface area contributed by atoms with Crippen LogP contribution < -0.4 is 10.6 Å². The van der Waals surface area contributed by atoms with Gasteiger partial charge in [0.15, 0.2) is 5.82 Å². The highest BCUT2D eigenvalue weighted by Gasteiger charge is 2.24. The lowest BCUT2D eigenvalue weighted by Crippen LogP contribution is -2.48. The van der Waals surface area contributed by atoms with Gasteiger partial charge in [0.25, 0.3) is 0 Å². The minimum absolute atomic E-state index is 0.104. The van der Waals surface area contributed by atoms with Crippen molar-refractivity contribution in [1.82, 2.24) is 30.7 Å². The van der Waals surface area contributed by atoms with E-state index in [1.807, 2.05) is 24.3 Å². The van der Waals surface area contributed by atoms with Gasteiger partial charge < -0.3 is 20.3 Å². The van der Waals surface area contributed by atoms with E-state index in [9.17, 15) is 4.79 Å². The maximum absolute atomic E-state index is 12.3. The summed E-state index contributed by atoms with van der Waals surface area (Å²) in [6, 6.07) is 8.06. The molecule has 2 fully saturated rings. The van der Waals surface area contributed by atoms with Crippen LogP contribution in [-0.4, -0.2) is 65.0 Å². The fraction of sp³-hybridized carbons (Fsp3) is 0.550. The van der Waals surface area contributed by atoms with Crippen molar-refractivity contribution in [3.63, 3.8) is 0 Å². The van der Waals surface area contributed by atoms with Crippen molar-refractivity contribution < 1.29 is 9.53 Å². The molecule has 3 N–H and O–H groups in total. The number of benzene rings is 1. The van der Waals surface area contributed by atoms with Crippen LogP contribution in [0.5, 0.6) is 0 Å². The highest BCUT2D eigenvalue weighted by molar-refractivity contribution is 5.74. The predicted molar refractivity (Wildman–Crippen MR) is 106 cm³/mol. The minimum atomic E-state index is -0.104. The molecule has 28 heavy (non-hydrogen) atoms. The average molecular weight is 384 g/mol. The summed E-state index contributed by atoms with van der Waals surface area (Å²) in [6.45, 7) is 5.50. The number of aromatic nitrogens is 3. The van der Waals surface area contributed by atoms with Gasteiger partial charge >= 0.3 is 6.03 Å². The zero-order valence-corrected chi connectivity index (χ0v) is 16.1. The van der Waals surface area contributed by atoms with E-state index >= 15 is 0 Å². The molecule has 150 valence electrons. The van der Waals surface area contributed by atoms with Crippen molar-refractivity contribution >= 4 is 6.03 Å². The number of rotatable bonds is 6. The molecule has 0 spiro atoms. The molecule has 2 saturated heterocycles. The number of hydrogen-bond donors (Lipinski definition) is 3. The lowest BCUT2D eigenvalue weighted by atomic mass is 10.0. The second kappa shape index (κ2) is 9.16. The van der Waals surface area contributed by atoms with Gasteiger partial charge in [0, 0.05) is 44.4 Å². The van der Waals surface area contributed by atoms with Crippen LogP contribution in [0.15, 0.2) is 30.6 Å².